The standard InChI is InChI=1S/C45H50F3N7O8/c1-41(23-35(49)56)26-7-3-9-28(21-26)43(41,37(58)51-39(60)61)53-19-5-11-31(53)33-17-18-34(55(33)30-15-13-25(14-16-30)45(46,47)48)32-12-6-20-54(32)44(38(59)52-40(62)63)29-10-4-8-27(22-29)42(44,2)24-36(50)57/h3-4,7-10,13-16,21-22,31-34H,5-6,11-12,17-20,23-24H2,1-2H3,(H2,49,56)(H2,50,57)(H,51,58)(H,52,59)(H,60,61)(H,62,63)/t31?,32?,33-,34+,41?,42?,43-,44-/m1/s1. The number of nitrogens with zero attached hydrogens (tertiary/aromatic N) is 3. The lowest BCUT2D eigenvalue weighted by molar-refractivity contribution is -0.143. The van der Waals surface area contributed by atoms with Gasteiger partial charge in [0.1, 0.15) is 11.1 Å². The van der Waals surface area contributed by atoms with Crippen LogP contribution < -0.4 is 27.0 Å². The van der Waals surface area contributed by atoms with E-state index in [2.05, 4.69) is 15.5 Å². The molecule has 63 heavy (non-hydrogen) atoms. The lowest BCUT2D eigenvalue weighted by Gasteiger charge is -2.54. The fraction of sp³-hybridized carbons (Fsp3) is 0.467. The molecule has 0 spiro atoms. The van der Waals surface area contributed by atoms with E-state index in [1.54, 1.807) is 62.4 Å². The van der Waals surface area contributed by atoms with Crippen LogP contribution in [0.4, 0.5) is 28.4 Å². The number of anilines is 1. The molecule has 8 N–H and O–H groups in total. The summed E-state index contributed by atoms with van der Waals surface area (Å²) in [6, 6.07) is 16.7. The van der Waals surface area contributed by atoms with Crippen molar-refractivity contribution >= 4 is 41.5 Å². The Kier molecular flexibility index (Phi) is 10.6. The third-order valence-corrected chi connectivity index (χ3v) is 14.9. The number of carbonyl (C=O) groups is 6. The molecule has 3 saturated heterocycles. The number of nitrogens with two attached hydrogens (primary N) is 2. The van der Waals surface area contributed by atoms with Gasteiger partial charge in [-0.2, -0.15) is 13.2 Å². The lowest BCUT2D eigenvalue weighted by Crippen LogP contribution is -2.69. The molecule has 0 saturated carbocycles. The van der Waals surface area contributed by atoms with Gasteiger partial charge in [0.2, 0.25) is 11.8 Å². The van der Waals surface area contributed by atoms with Crippen molar-refractivity contribution in [2.45, 2.75) is 117 Å². The Morgan fingerprint density at radius 1 is 0.635 bits per heavy atom. The van der Waals surface area contributed by atoms with E-state index in [0.717, 1.165) is 12.1 Å². The van der Waals surface area contributed by atoms with Crippen molar-refractivity contribution < 1.29 is 52.2 Å². The van der Waals surface area contributed by atoms with Crippen molar-refractivity contribution in [3.05, 3.63) is 101 Å². The molecule has 0 radical (unpaired) electrons. The van der Waals surface area contributed by atoms with Crippen LogP contribution >= 0.6 is 0 Å². The Labute approximate surface area is 360 Å². The first kappa shape index (κ1) is 43.6. The SMILES string of the molecule is CC1(CC(N)=O)c2cccc(c2)[C@]1(C(=O)NC(=O)O)N1CCCC1[C@H]1CC[C@@H](C2CCCN2[C@@]2(C(=O)NC(=O)O)c3cccc(c3)C2(C)CC(N)=O)N1c1ccc(C(F)(F)F)cc1. The van der Waals surface area contributed by atoms with E-state index in [1.165, 1.54) is 12.1 Å². The molecule has 0 aromatic heterocycles. The molecule has 15 nitrogen and oxygen atoms in total. The predicted molar refractivity (Wildman–Crippen MR) is 221 cm³/mol. The summed E-state index contributed by atoms with van der Waals surface area (Å²) in [5.41, 5.74) is 7.29. The fourth-order valence-electron chi connectivity index (χ4n) is 12.8. The number of imide groups is 2. The molecule has 334 valence electrons. The Morgan fingerprint density at radius 2 is 1.03 bits per heavy atom. The molecular weight excluding hydrogens is 824 g/mol. The summed E-state index contributed by atoms with van der Waals surface area (Å²) >= 11 is 0. The van der Waals surface area contributed by atoms with Gasteiger partial charge in [-0.15, -0.1) is 0 Å². The molecule has 3 fully saturated rings. The van der Waals surface area contributed by atoms with Crippen LogP contribution in [-0.2, 0) is 47.3 Å². The van der Waals surface area contributed by atoms with Crippen molar-refractivity contribution in [2.24, 2.45) is 11.5 Å². The molecule has 2 aliphatic carbocycles. The molecule has 5 aliphatic rings. The number of halogens is 3. The second kappa shape index (κ2) is 15.4. The fourth-order valence-corrected chi connectivity index (χ4v) is 12.8. The minimum Gasteiger partial charge on any atom is -0.465 e. The molecule has 4 bridgehead atoms. The quantitative estimate of drug-likeness (QED) is 0.156. The highest BCUT2D eigenvalue weighted by molar-refractivity contribution is 6.01. The molecule has 6 amide bonds. The number of amides is 6. The zero-order chi connectivity index (χ0) is 45.4. The van der Waals surface area contributed by atoms with Gasteiger partial charge in [0.05, 0.1) is 5.56 Å². The highest BCUT2D eigenvalue weighted by atomic mass is 19.4. The van der Waals surface area contributed by atoms with Crippen molar-refractivity contribution in [3.63, 3.8) is 0 Å². The summed E-state index contributed by atoms with van der Waals surface area (Å²) in [7, 11) is 0. The van der Waals surface area contributed by atoms with Crippen molar-refractivity contribution in [1.29, 1.82) is 0 Å². The summed E-state index contributed by atoms with van der Waals surface area (Å²) in [6.07, 6.45) is -5.48. The second-order valence-corrected chi connectivity index (χ2v) is 18.0. The number of alkyl halides is 3. The number of benzene rings is 3. The zero-order valence-corrected chi connectivity index (χ0v) is 34.8. The van der Waals surface area contributed by atoms with Crippen LogP contribution in [0, 0.1) is 0 Å². The topological polar surface area (TPSA) is 229 Å². The van der Waals surface area contributed by atoms with Crippen LogP contribution in [0.2, 0.25) is 0 Å². The molecular formula is C45H50F3N7O8. The Morgan fingerprint density at radius 3 is 1.40 bits per heavy atom. The maximum Gasteiger partial charge on any atom is 0.416 e. The number of hydrogen-bond donors (Lipinski definition) is 6. The first-order valence-corrected chi connectivity index (χ1v) is 21.1. The highest BCUT2D eigenvalue weighted by Crippen LogP contribution is 2.59. The normalized spacial score (nSPS) is 31.3. The van der Waals surface area contributed by atoms with E-state index in [1.807, 2.05) is 9.80 Å². The van der Waals surface area contributed by atoms with E-state index in [4.69, 9.17) is 11.5 Å². The maximum absolute atomic E-state index is 14.8. The molecule has 3 aliphatic heterocycles. The summed E-state index contributed by atoms with van der Waals surface area (Å²) in [4.78, 5) is 85.9. The van der Waals surface area contributed by atoms with Gasteiger partial charge in [-0.3, -0.25) is 39.6 Å². The molecule has 3 heterocycles. The van der Waals surface area contributed by atoms with Gasteiger partial charge in [-0.05, 0) is 98.1 Å². The van der Waals surface area contributed by atoms with Gasteiger partial charge in [-0.25, -0.2) is 9.59 Å². The van der Waals surface area contributed by atoms with E-state index in [0.29, 0.717) is 79.6 Å². The summed E-state index contributed by atoms with van der Waals surface area (Å²) in [5, 5.41) is 24.2. The Hall–Kier alpha value is -6.01. The number of carbonyl (C=O) groups excluding carboxylic acids is 4. The average molecular weight is 874 g/mol. The van der Waals surface area contributed by atoms with E-state index >= 15 is 0 Å². The van der Waals surface area contributed by atoms with E-state index in [-0.39, 0.29) is 12.8 Å². The van der Waals surface area contributed by atoms with Crippen LogP contribution in [0.25, 0.3) is 0 Å². The number of likely N-dealkylation sites (tertiary alicyclic amines) is 2. The van der Waals surface area contributed by atoms with Gasteiger partial charge >= 0.3 is 18.4 Å². The maximum atomic E-state index is 14.8. The number of primary amides is 2. The van der Waals surface area contributed by atoms with Gasteiger partial charge in [-0.1, -0.05) is 62.4 Å². The van der Waals surface area contributed by atoms with Gasteiger partial charge < -0.3 is 26.6 Å². The highest BCUT2D eigenvalue weighted by Gasteiger charge is 2.68. The van der Waals surface area contributed by atoms with Crippen molar-refractivity contribution in [3.8, 4) is 0 Å². The Bertz CT molecular complexity index is 2260. The summed E-state index contributed by atoms with van der Waals surface area (Å²) < 4.78 is 42.2. The second-order valence-electron chi connectivity index (χ2n) is 18.0. The Balaban J connectivity index is 1.28. The van der Waals surface area contributed by atoms with Crippen LogP contribution in [0.3, 0.4) is 0 Å². The predicted octanol–water partition coefficient (Wildman–Crippen LogP) is 4.64. The minimum absolute atomic E-state index is 0.293. The number of fused-ring (bicyclic) bond motifs is 4. The van der Waals surface area contributed by atoms with Crippen LogP contribution in [0.5, 0.6) is 0 Å². The van der Waals surface area contributed by atoms with E-state index in [9.17, 15) is 52.2 Å². The molecule has 8 rings (SSSR count). The molecule has 18 heteroatoms. The number of carboxylic acid groups (broad SMARTS) is 2. The molecule has 3 aromatic rings. The van der Waals surface area contributed by atoms with Gasteiger partial charge in [0, 0.05) is 53.5 Å². The third kappa shape index (κ3) is 6.46. The van der Waals surface area contributed by atoms with Crippen molar-refractivity contribution in [2.75, 3.05) is 18.0 Å². The van der Waals surface area contributed by atoms with Gasteiger partial charge in [0.25, 0.3) is 11.8 Å². The summed E-state index contributed by atoms with van der Waals surface area (Å²) in [5.74, 6) is -3.16. The smallest absolute Gasteiger partial charge is 0.416 e. The molecule has 3 aromatic carbocycles. The molecule has 4 unspecified atom stereocenters. The van der Waals surface area contributed by atoms with Crippen LogP contribution in [-0.4, -0.2) is 93.1 Å². The molecule has 8 atom stereocenters. The zero-order valence-electron chi connectivity index (χ0n) is 34.8. The van der Waals surface area contributed by atoms with E-state index < -0.39 is 93.6 Å². The summed E-state index contributed by atoms with van der Waals surface area (Å²) in [6.45, 7) is 4.03. The number of hydrogen-bond acceptors (Lipinski definition) is 9. The number of rotatable bonds is 11. The van der Waals surface area contributed by atoms with Gasteiger partial charge in [0.15, 0.2) is 0 Å². The van der Waals surface area contributed by atoms with Crippen LogP contribution in [0.1, 0.15) is 93.0 Å². The number of nitrogens with one attached hydrogen (secondary N) is 2. The average Bonchev–Trinajstić information content (AvgIpc) is 4.01. The van der Waals surface area contributed by atoms with Crippen LogP contribution in [0.15, 0.2) is 72.8 Å². The third-order valence-electron chi connectivity index (χ3n) is 14.9. The van der Waals surface area contributed by atoms with Crippen molar-refractivity contribution in [1.82, 2.24) is 20.4 Å². The monoisotopic (exact) mass is 873 g/mol. The first-order chi connectivity index (χ1) is 29.7. The first-order valence-electron chi connectivity index (χ1n) is 21.1. The largest absolute Gasteiger partial charge is 0.465 e. The minimum atomic E-state index is -4.64. The lowest BCUT2D eigenvalue weighted by atomic mass is 9.65.